The lowest BCUT2D eigenvalue weighted by atomic mass is 10.2. The van der Waals surface area contributed by atoms with Gasteiger partial charge in [0.25, 0.3) is 0 Å². The molecule has 1 aliphatic heterocycles. The second kappa shape index (κ2) is 5.40. The van der Waals surface area contributed by atoms with E-state index in [0.29, 0.717) is 24.4 Å². The van der Waals surface area contributed by atoms with Crippen molar-refractivity contribution in [3.63, 3.8) is 0 Å². The highest BCUT2D eigenvalue weighted by Crippen LogP contribution is 2.23. The number of nitrogens with zero attached hydrogens (tertiary/aromatic N) is 1. The van der Waals surface area contributed by atoms with Gasteiger partial charge in [-0.15, -0.1) is 0 Å². The van der Waals surface area contributed by atoms with Gasteiger partial charge < -0.3 is 10.2 Å². The van der Waals surface area contributed by atoms with Crippen molar-refractivity contribution < 1.29 is 9.59 Å². The van der Waals surface area contributed by atoms with Crippen LogP contribution in [-0.4, -0.2) is 24.4 Å². The van der Waals surface area contributed by atoms with E-state index in [0.717, 1.165) is 5.69 Å². The summed E-state index contributed by atoms with van der Waals surface area (Å²) < 4.78 is 0. The monoisotopic (exact) mass is 266 g/mol. The lowest BCUT2D eigenvalue weighted by Crippen LogP contribution is -2.36. The van der Waals surface area contributed by atoms with Gasteiger partial charge in [0.1, 0.15) is 0 Å². The number of hydrogen-bond donors (Lipinski definition) is 1. The number of amides is 2. The van der Waals surface area contributed by atoms with Gasteiger partial charge in [-0.25, -0.2) is 0 Å². The summed E-state index contributed by atoms with van der Waals surface area (Å²) in [7, 11) is 0. The molecule has 1 unspecified atom stereocenters. The fourth-order valence-electron chi connectivity index (χ4n) is 2.00. The number of nitrogens with one attached hydrogen (secondary N) is 1. The summed E-state index contributed by atoms with van der Waals surface area (Å²) in [5, 5.41) is 3.48. The molecule has 1 heterocycles. The van der Waals surface area contributed by atoms with Gasteiger partial charge in [0.2, 0.25) is 11.8 Å². The second-order valence-corrected chi connectivity index (χ2v) is 4.74. The quantitative estimate of drug-likeness (QED) is 0.909. The first kappa shape index (κ1) is 12.9. The predicted molar refractivity (Wildman–Crippen MR) is 70.6 cm³/mol. The van der Waals surface area contributed by atoms with E-state index in [1.165, 1.54) is 0 Å². The summed E-state index contributed by atoms with van der Waals surface area (Å²) in [4.78, 5) is 24.9. The van der Waals surface area contributed by atoms with Crippen LogP contribution >= 0.6 is 11.6 Å². The summed E-state index contributed by atoms with van der Waals surface area (Å²) in [5.41, 5.74) is 0.817. The first-order valence-corrected chi connectivity index (χ1v) is 6.33. The van der Waals surface area contributed by atoms with Crippen LogP contribution in [-0.2, 0) is 9.59 Å². The Labute approximate surface area is 111 Å². The maximum Gasteiger partial charge on any atom is 0.229 e. The zero-order valence-electron chi connectivity index (χ0n) is 10.1. The van der Waals surface area contributed by atoms with Crippen LogP contribution in [0.1, 0.15) is 19.8 Å². The maximum atomic E-state index is 11.9. The molecule has 0 saturated carbocycles. The third-order valence-electron chi connectivity index (χ3n) is 2.95. The molecular weight excluding hydrogens is 252 g/mol. The normalized spacial score (nSPS) is 19.1. The first-order chi connectivity index (χ1) is 8.60. The smallest absolute Gasteiger partial charge is 0.229 e. The van der Waals surface area contributed by atoms with Crippen LogP contribution in [0.2, 0.25) is 5.02 Å². The first-order valence-electron chi connectivity index (χ1n) is 5.95. The van der Waals surface area contributed by atoms with Crippen molar-refractivity contribution in [3.05, 3.63) is 29.3 Å². The molecule has 1 aliphatic rings. The molecule has 0 spiro atoms. The summed E-state index contributed by atoms with van der Waals surface area (Å²) in [5.74, 6) is 0.00415. The van der Waals surface area contributed by atoms with E-state index in [1.807, 2.05) is 12.1 Å². The maximum absolute atomic E-state index is 11.9. The Morgan fingerprint density at radius 3 is 2.72 bits per heavy atom. The van der Waals surface area contributed by atoms with E-state index in [1.54, 1.807) is 24.0 Å². The van der Waals surface area contributed by atoms with Crippen LogP contribution in [0.25, 0.3) is 0 Å². The molecule has 1 N–H and O–H groups in total. The summed E-state index contributed by atoms with van der Waals surface area (Å²) in [6, 6.07) is 7.03. The van der Waals surface area contributed by atoms with Crippen molar-refractivity contribution in [1.29, 1.82) is 0 Å². The van der Waals surface area contributed by atoms with Gasteiger partial charge in [-0.2, -0.15) is 0 Å². The Kier molecular flexibility index (Phi) is 3.87. The minimum Gasteiger partial charge on any atom is -0.351 e. The molecule has 0 bridgehead atoms. The SMILES string of the molecule is CCC(=O)NC1CC(=O)N(c2ccc(Cl)cc2)C1. The Morgan fingerprint density at radius 2 is 2.11 bits per heavy atom. The zero-order chi connectivity index (χ0) is 13.1. The van der Waals surface area contributed by atoms with Crippen LogP contribution in [0.5, 0.6) is 0 Å². The molecule has 0 radical (unpaired) electrons. The van der Waals surface area contributed by atoms with E-state index in [2.05, 4.69) is 5.32 Å². The predicted octanol–water partition coefficient (Wildman–Crippen LogP) is 1.97. The van der Waals surface area contributed by atoms with E-state index < -0.39 is 0 Å². The molecule has 18 heavy (non-hydrogen) atoms. The third-order valence-corrected chi connectivity index (χ3v) is 3.20. The van der Waals surface area contributed by atoms with Gasteiger partial charge in [0.15, 0.2) is 0 Å². The van der Waals surface area contributed by atoms with E-state index >= 15 is 0 Å². The van der Waals surface area contributed by atoms with Gasteiger partial charge in [0, 0.05) is 30.1 Å². The number of rotatable bonds is 3. The summed E-state index contributed by atoms with van der Waals surface area (Å²) in [6.45, 7) is 2.31. The van der Waals surface area contributed by atoms with E-state index in [9.17, 15) is 9.59 Å². The highest BCUT2D eigenvalue weighted by atomic mass is 35.5. The third kappa shape index (κ3) is 2.82. The average Bonchev–Trinajstić information content (AvgIpc) is 2.71. The van der Waals surface area contributed by atoms with Gasteiger partial charge >= 0.3 is 0 Å². The van der Waals surface area contributed by atoms with Crippen LogP contribution in [0.4, 0.5) is 5.69 Å². The molecule has 1 aromatic carbocycles. The lowest BCUT2D eigenvalue weighted by molar-refractivity contribution is -0.121. The van der Waals surface area contributed by atoms with Crippen LogP contribution in [0, 0.1) is 0 Å². The van der Waals surface area contributed by atoms with Crippen molar-refractivity contribution in [3.8, 4) is 0 Å². The molecule has 1 aromatic rings. The largest absolute Gasteiger partial charge is 0.351 e. The molecule has 2 amide bonds. The highest BCUT2D eigenvalue weighted by Gasteiger charge is 2.31. The minimum atomic E-state index is -0.0966. The molecule has 0 aliphatic carbocycles. The molecule has 0 aromatic heterocycles. The topological polar surface area (TPSA) is 49.4 Å². The number of anilines is 1. The number of halogens is 1. The van der Waals surface area contributed by atoms with Crippen molar-refractivity contribution in [1.82, 2.24) is 5.32 Å². The van der Waals surface area contributed by atoms with Crippen molar-refractivity contribution >= 4 is 29.1 Å². The van der Waals surface area contributed by atoms with Gasteiger partial charge in [-0.1, -0.05) is 18.5 Å². The Hall–Kier alpha value is -1.55. The number of hydrogen-bond acceptors (Lipinski definition) is 2. The van der Waals surface area contributed by atoms with E-state index in [4.69, 9.17) is 11.6 Å². The van der Waals surface area contributed by atoms with Crippen molar-refractivity contribution in [2.24, 2.45) is 0 Å². The lowest BCUT2D eigenvalue weighted by Gasteiger charge is -2.17. The number of carbonyl (C=O) groups is 2. The average molecular weight is 267 g/mol. The highest BCUT2D eigenvalue weighted by molar-refractivity contribution is 6.30. The van der Waals surface area contributed by atoms with Crippen LogP contribution < -0.4 is 10.2 Å². The number of carbonyl (C=O) groups excluding carboxylic acids is 2. The van der Waals surface area contributed by atoms with Crippen LogP contribution in [0.15, 0.2) is 24.3 Å². The molecule has 96 valence electrons. The number of benzene rings is 1. The summed E-state index contributed by atoms with van der Waals surface area (Å²) >= 11 is 5.81. The minimum absolute atomic E-state index is 0.0224. The Morgan fingerprint density at radius 1 is 1.44 bits per heavy atom. The zero-order valence-corrected chi connectivity index (χ0v) is 10.9. The standard InChI is InChI=1S/C13H15ClN2O2/c1-2-12(17)15-10-7-13(18)16(8-10)11-5-3-9(14)4-6-11/h3-6,10H,2,7-8H2,1H3,(H,15,17). The Bertz CT molecular complexity index is 459. The van der Waals surface area contributed by atoms with Crippen molar-refractivity contribution in [2.75, 3.05) is 11.4 Å². The molecule has 1 fully saturated rings. The van der Waals surface area contributed by atoms with E-state index in [-0.39, 0.29) is 17.9 Å². The summed E-state index contributed by atoms with van der Waals surface area (Å²) in [6.07, 6.45) is 0.792. The second-order valence-electron chi connectivity index (χ2n) is 4.30. The molecule has 2 rings (SSSR count). The van der Waals surface area contributed by atoms with Crippen molar-refractivity contribution in [2.45, 2.75) is 25.8 Å². The molecule has 1 atom stereocenters. The fourth-order valence-corrected chi connectivity index (χ4v) is 2.13. The fraction of sp³-hybridized carbons (Fsp3) is 0.385. The van der Waals surface area contributed by atoms with Gasteiger partial charge in [0.05, 0.1) is 6.04 Å². The molecular formula is C13H15ClN2O2. The van der Waals surface area contributed by atoms with Gasteiger partial charge in [-0.3, -0.25) is 9.59 Å². The molecule has 5 heteroatoms. The molecule has 1 saturated heterocycles. The van der Waals surface area contributed by atoms with Crippen LogP contribution in [0.3, 0.4) is 0 Å². The van der Waals surface area contributed by atoms with Gasteiger partial charge in [-0.05, 0) is 24.3 Å². The Balaban J connectivity index is 2.05. The molecule has 4 nitrogen and oxygen atoms in total.